The molecule has 0 spiro atoms. The first-order valence-electron chi connectivity index (χ1n) is 5.63. The van der Waals surface area contributed by atoms with Crippen LogP contribution in [0.4, 0.5) is 10.1 Å². The topological polar surface area (TPSA) is 43.1 Å². The molecule has 0 unspecified atom stereocenters. The van der Waals surface area contributed by atoms with Gasteiger partial charge in [0.1, 0.15) is 5.56 Å². The van der Waals surface area contributed by atoms with Crippen molar-refractivity contribution in [2.45, 2.75) is 0 Å². The summed E-state index contributed by atoms with van der Waals surface area (Å²) in [5.74, 6) is -1.34. The van der Waals surface area contributed by atoms with E-state index in [0.29, 0.717) is 10.3 Å². The number of halogens is 3. The van der Waals surface area contributed by atoms with Crippen LogP contribution in [0, 0.1) is 11.0 Å². The van der Waals surface area contributed by atoms with E-state index in [4.69, 9.17) is 11.6 Å². The minimum Gasteiger partial charge on any atom is -0.618 e. The standard InChI is InChI=1S/C14H6BrClFNO2/c15-8-3-1-2-7(4-8)12-14(19)10-5-9(16)6-11(17)13(10)18(12)20/h1-6H. The molecule has 100 valence electrons. The van der Waals surface area contributed by atoms with Crippen LogP contribution in [-0.4, -0.2) is 16.2 Å². The molecule has 1 heterocycles. The van der Waals surface area contributed by atoms with E-state index >= 15 is 0 Å². The third kappa shape index (κ3) is 1.94. The van der Waals surface area contributed by atoms with Crippen LogP contribution in [0.5, 0.6) is 0 Å². The zero-order chi connectivity index (χ0) is 14.4. The minimum atomic E-state index is -0.805. The zero-order valence-corrected chi connectivity index (χ0v) is 12.2. The van der Waals surface area contributed by atoms with E-state index in [1.165, 1.54) is 6.07 Å². The number of Topliss-reactive ketones (excluding diaryl/α,β-unsaturated/α-hetero) is 1. The van der Waals surface area contributed by atoms with E-state index in [9.17, 15) is 14.4 Å². The molecule has 2 aromatic rings. The number of hydrogen-bond donors (Lipinski definition) is 0. The fourth-order valence-corrected chi connectivity index (χ4v) is 2.77. The van der Waals surface area contributed by atoms with Crippen LogP contribution >= 0.6 is 27.5 Å². The van der Waals surface area contributed by atoms with Gasteiger partial charge < -0.3 is 5.21 Å². The molecular formula is C14H6BrClFNO2. The minimum absolute atomic E-state index is 0.0139. The molecule has 0 bridgehead atoms. The molecule has 1 aliphatic heterocycles. The van der Waals surface area contributed by atoms with Crippen molar-refractivity contribution in [3.8, 4) is 0 Å². The molecule has 0 atom stereocenters. The van der Waals surface area contributed by atoms with Crippen LogP contribution in [0.1, 0.15) is 15.9 Å². The van der Waals surface area contributed by atoms with E-state index in [-0.39, 0.29) is 22.0 Å². The average Bonchev–Trinajstić information content (AvgIpc) is 2.61. The number of hydrogen-bond acceptors (Lipinski definition) is 2. The molecule has 1 aliphatic rings. The van der Waals surface area contributed by atoms with Crippen molar-refractivity contribution < 1.29 is 13.9 Å². The summed E-state index contributed by atoms with van der Waals surface area (Å²) >= 11 is 9.00. The highest BCUT2D eigenvalue weighted by Crippen LogP contribution is 2.33. The Labute approximate surface area is 127 Å². The molecule has 0 saturated heterocycles. The molecule has 20 heavy (non-hydrogen) atoms. The summed E-state index contributed by atoms with van der Waals surface area (Å²) in [7, 11) is 0. The highest BCUT2D eigenvalue weighted by atomic mass is 79.9. The van der Waals surface area contributed by atoms with Crippen LogP contribution in [0.3, 0.4) is 0 Å². The van der Waals surface area contributed by atoms with E-state index in [2.05, 4.69) is 15.9 Å². The van der Waals surface area contributed by atoms with Gasteiger partial charge in [0, 0.05) is 9.50 Å². The lowest BCUT2D eigenvalue weighted by atomic mass is 10.0. The normalized spacial score (nSPS) is 13.8. The Morgan fingerprint density at radius 2 is 2.00 bits per heavy atom. The summed E-state index contributed by atoms with van der Waals surface area (Å²) < 4.78 is 14.9. The quantitative estimate of drug-likeness (QED) is 0.572. The van der Waals surface area contributed by atoms with Gasteiger partial charge in [-0.15, -0.1) is 0 Å². The van der Waals surface area contributed by atoms with Gasteiger partial charge in [-0.1, -0.05) is 33.6 Å². The largest absolute Gasteiger partial charge is 0.618 e. The van der Waals surface area contributed by atoms with Crippen molar-refractivity contribution in [3.63, 3.8) is 0 Å². The lowest BCUT2D eigenvalue weighted by Gasteiger charge is -2.03. The third-order valence-electron chi connectivity index (χ3n) is 2.99. The lowest BCUT2D eigenvalue weighted by Crippen LogP contribution is -2.16. The summed E-state index contributed by atoms with van der Waals surface area (Å²) in [6.07, 6.45) is 0. The molecule has 2 aromatic carbocycles. The highest BCUT2D eigenvalue weighted by Gasteiger charge is 2.39. The number of nitrogens with zero attached hydrogens (tertiary/aromatic N) is 1. The number of benzene rings is 2. The van der Waals surface area contributed by atoms with Crippen molar-refractivity contribution in [2.24, 2.45) is 0 Å². The monoisotopic (exact) mass is 353 g/mol. The second-order valence-corrected chi connectivity index (χ2v) is 5.62. The average molecular weight is 355 g/mol. The number of rotatable bonds is 1. The number of carbonyl (C=O) groups excluding carboxylic acids is 1. The van der Waals surface area contributed by atoms with Gasteiger partial charge in [0.2, 0.25) is 0 Å². The van der Waals surface area contributed by atoms with Crippen LogP contribution in [-0.2, 0) is 0 Å². The molecule has 0 fully saturated rings. The Bertz CT molecular complexity index is 789. The highest BCUT2D eigenvalue weighted by molar-refractivity contribution is 9.10. The fourth-order valence-electron chi connectivity index (χ4n) is 2.16. The molecule has 0 N–H and O–H groups in total. The lowest BCUT2D eigenvalue weighted by molar-refractivity contribution is -0.358. The predicted octanol–water partition coefficient (Wildman–Crippen LogP) is 4.07. The molecule has 3 rings (SSSR count). The number of fused-ring (bicyclic) bond motifs is 1. The molecule has 0 radical (unpaired) electrons. The summed E-state index contributed by atoms with van der Waals surface area (Å²) in [5.41, 5.74) is 0.0166. The maximum absolute atomic E-state index is 13.8. The van der Waals surface area contributed by atoms with Gasteiger partial charge in [-0.2, -0.15) is 9.13 Å². The smallest absolute Gasteiger partial charge is 0.273 e. The Kier molecular flexibility index (Phi) is 3.11. The Hall–Kier alpha value is -1.72. The van der Waals surface area contributed by atoms with Crippen molar-refractivity contribution in [1.82, 2.24) is 0 Å². The van der Waals surface area contributed by atoms with Crippen LogP contribution in [0.15, 0.2) is 40.9 Å². The Morgan fingerprint density at radius 3 is 2.70 bits per heavy atom. The zero-order valence-electron chi connectivity index (χ0n) is 9.86. The van der Waals surface area contributed by atoms with Crippen molar-refractivity contribution in [3.05, 3.63) is 68.0 Å². The van der Waals surface area contributed by atoms with E-state index in [0.717, 1.165) is 10.5 Å². The van der Waals surface area contributed by atoms with E-state index in [1.807, 2.05) is 0 Å². The summed E-state index contributed by atoms with van der Waals surface area (Å²) in [5, 5.41) is 12.3. The van der Waals surface area contributed by atoms with Gasteiger partial charge in [0.25, 0.3) is 17.2 Å². The van der Waals surface area contributed by atoms with E-state index in [1.54, 1.807) is 24.3 Å². The summed E-state index contributed by atoms with van der Waals surface area (Å²) in [4.78, 5) is 12.3. The van der Waals surface area contributed by atoms with E-state index < -0.39 is 11.6 Å². The van der Waals surface area contributed by atoms with Gasteiger partial charge in [-0.3, -0.25) is 4.79 Å². The molecule has 6 heteroatoms. The van der Waals surface area contributed by atoms with Crippen molar-refractivity contribution in [2.75, 3.05) is 0 Å². The van der Waals surface area contributed by atoms with Gasteiger partial charge in [-0.05, 0) is 30.3 Å². The van der Waals surface area contributed by atoms with Crippen LogP contribution in [0.2, 0.25) is 5.02 Å². The van der Waals surface area contributed by atoms with Gasteiger partial charge >= 0.3 is 0 Å². The second kappa shape index (κ2) is 4.68. The van der Waals surface area contributed by atoms with Crippen molar-refractivity contribution >= 4 is 44.7 Å². The predicted molar refractivity (Wildman–Crippen MR) is 77.3 cm³/mol. The summed E-state index contributed by atoms with van der Waals surface area (Å²) in [6.45, 7) is 0. The molecule has 3 nitrogen and oxygen atoms in total. The van der Waals surface area contributed by atoms with Crippen LogP contribution < -0.4 is 0 Å². The van der Waals surface area contributed by atoms with Gasteiger partial charge in [-0.25, -0.2) is 0 Å². The first-order valence-corrected chi connectivity index (χ1v) is 6.80. The third-order valence-corrected chi connectivity index (χ3v) is 3.70. The maximum Gasteiger partial charge on any atom is 0.273 e. The molecular weight excluding hydrogens is 349 g/mol. The van der Waals surface area contributed by atoms with Gasteiger partial charge in [0.05, 0.1) is 5.56 Å². The molecule has 0 aromatic heterocycles. The van der Waals surface area contributed by atoms with Gasteiger partial charge in [0.15, 0.2) is 5.82 Å². The molecule has 0 saturated carbocycles. The first-order chi connectivity index (χ1) is 9.49. The Balaban J connectivity index is 2.25. The Morgan fingerprint density at radius 1 is 1.25 bits per heavy atom. The first kappa shape index (κ1) is 13.3. The SMILES string of the molecule is O=C1C(c2cccc(Br)c2)=[N+]([O-])c2c(F)cc(Cl)cc21. The molecule has 0 amide bonds. The van der Waals surface area contributed by atoms with Crippen molar-refractivity contribution in [1.29, 1.82) is 0 Å². The van der Waals surface area contributed by atoms with Crippen LogP contribution in [0.25, 0.3) is 0 Å². The fraction of sp³-hybridized carbons (Fsp3) is 0. The number of carbonyl (C=O) groups is 1. The summed E-state index contributed by atoms with van der Waals surface area (Å²) in [6, 6.07) is 9.03. The maximum atomic E-state index is 13.8. The number of ketones is 1. The molecule has 0 aliphatic carbocycles. The second-order valence-electron chi connectivity index (χ2n) is 4.27.